The normalized spacial score (nSPS) is 11.9. The first-order valence-electron chi connectivity index (χ1n) is 12.0. The Morgan fingerprint density at radius 1 is 0.892 bits per heavy atom. The molecule has 0 heterocycles. The molecule has 1 unspecified atom stereocenters. The number of rotatable bonds is 12. The Bertz CT molecular complexity index is 1270. The van der Waals surface area contributed by atoms with Crippen molar-refractivity contribution in [2.24, 2.45) is 0 Å². The fourth-order valence-electron chi connectivity index (χ4n) is 3.99. The number of carbonyl (C=O) groups excluding carboxylic acids is 2. The SMILES string of the molecule is CCOc1ccc(N(CC(=O)N(Cc2ccccc2)C(Cc2ccccc2)C(=O)NC)S(C)(=O)=O)cc1. The Morgan fingerprint density at radius 3 is 1.97 bits per heavy atom. The maximum Gasteiger partial charge on any atom is 0.244 e. The first-order chi connectivity index (χ1) is 17.7. The van der Waals surface area contributed by atoms with Gasteiger partial charge in [-0.2, -0.15) is 0 Å². The molecule has 0 bridgehead atoms. The molecule has 196 valence electrons. The molecule has 9 heteroatoms. The number of amides is 2. The summed E-state index contributed by atoms with van der Waals surface area (Å²) in [6.07, 6.45) is 1.33. The Balaban J connectivity index is 1.97. The Kier molecular flexibility index (Phi) is 9.68. The van der Waals surface area contributed by atoms with E-state index in [4.69, 9.17) is 4.74 Å². The molecule has 3 aromatic rings. The second-order valence-corrected chi connectivity index (χ2v) is 10.4. The predicted octanol–water partition coefficient (Wildman–Crippen LogP) is 3.24. The number of hydrogen-bond acceptors (Lipinski definition) is 5. The molecule has 0 fully saturated rings. The van der Waals surface area contributed by atoms with Gasteiger partial charge < -0.3 is 15.0 Å². The van der Waals surface area contributed by atoms with E-state index in [1.54, 1.807) is 24.3 Å². The second kappa shape index (κ2) is 12.9. The molecule has 2 amide bonds. The summed E-state index contributed by atoms with van der Waals surface area (Å²) in [6.45, 7) is 2.02. The molecule has 1 atom stereocenters. The van der Waals surface area contributed by atoms with Crippen LogP contribution in [0.5, 0.6) is 5.75 Å². The van der Waals surface area contributed by atoms with Crippen molar-refractivity contribution in [2.45, 2.75) is 25.9 Å². The van der Waals surface area contributed by atoms with Crippen molar-refractivity contribution in [3.05, 3.63) is 96.1 Å². The Hall–Kier alpha value is -3.85. The van der Waals surface area contributed by atoms with Crippen LogP contribution in [0.1, 0.15) is 18.1 Å². The van der Waals surface area contributed by atoms with Gasteiger partial charge in [-0.15, -0.1) is 0 Å². The molecule has 0 saturated heterocycles. The zero-order chi connectivity index (χ0) is 26.8. The number of ether oxygens (including phenoxy) is 1. The van der Waals surface area contributed by atoms with Gasteiger partial charge >= 0.3 is 0 Å². The minimum Gasteiger partial charge on any atom is -0.494 e. The topological polar surface area (TPSA) is 96.0 Å². The van der Waals surface area contributed by atoms with Crippen molar-refractivity contribution < 1.29 is 22.7 Å². The van der Waals surface area contributed by atoms with Crippen LogP contribution >= 0.6 is 0 Å². The van der Waals surface area contributed by atoms with Gasteiger partial charge in [-0.1, -0.05) is 60.7 Å². The van der Waals surface area contributed by atoms with Crippen LogP contribution in [-0.2, 0) is 32.6 Å². The minimum absolute atomic E-state index is 0.144. The van der Waals surface area contributed by atoms with E-state index in [0.29, 0.717) is 18.0 Å². The summed E-state index contributed by atoms with van der Waals surface area (Å²) in [5, 5.41) is 2.66. The molecule has 0 aliphatic carbocycles. The largest absolute Gasteiger partial charge is 0.494 e. The zero-order valence-corrected chi connectivity index (χ0v) is 22.1. The third-order valence-electron chi connectivity index (χ3n) is 5.83. The highest BCUT2D eigenvalue weighted by molar-refractivity contribution is 7.92. The van der Waals surface area contributed by atoms with Crippen LogP contribution in [0, 0.1) is 0 Å². The van der Waals surface area contributed by atoms with Crippen molar-refractivity contribution in [2.75, 3.05) is 30.8 Å². The van der Waals surface area contributed by atoms with Crippen LogP contribution in [0.2, 0.25) is 0 Å². The van der Waals surface area contributed by atoms with Crippen LogP contribution in [-0.4, -0.2) is 57.6 Å². The molecule has 37 heavy (non-hydrogen) atoms. The smallest absolute Gasteiger partial charge is 0.244 e. The molecular formula is C28H33N3O5S. The highest BCUT2D eigenvalue weighted by Crippen LogP contribution is 2.23. The lowest BCUT2D eigenvalue weighted by atomic mass is 10.0. The summed E-state index contributed by atoms with van der Waals surface area (Å²) in [5.41, 5.74) is 2.04. The minimum atomic E-state index is -3.81. The molecule has 0 aliphatic rings. The summed E-state index contributed by atoms with van der Waals surface area (Å²) < 4.78 is 32.0. The molecule has 0 saturated carbocycles. The average molecular weight is 524 g/mol. The van der Waals surface area contributed by atoms with E-state index in [0.717, 1.165) is 21.7 Å². The van der Waals surface area contributed by atoms with Gasteiger partial charge in [0, 0.05) is 20.0 Å². The van der Waals surface area contributed by atoms with E-state index in [1.165, 1.54) is 11.9 Å². The van der Waals surface area contributed by atoms with Crippen LogP contribution in [0.15, 0.2) is 84.9 Å². The zero-order valence-electron chi connectivity index (χ0n) is 21.3. The summed E-state index contributed by atoms with van der Waals surface area (Å²) in [7, 11) is -2.29. The van der Waals surface area contributed by atoms with Crippen molar-refractivity contribution in [3.8, 4) is 5.75 Å². The van der Waals surface area contributed by atoms with Gasteiger partial charge in [0.05, 0.1) is 18.6 Å². The fraction of sp³-hybridized carbons (Fsp3) is 0.286. The summed E-state index contributed by atoms with van der Waals surface area (Å²) in [5.74, 6) is -0.230. The van der Waals surface area contributed by atoms with Crippen molar-refractivity contribution in [3.63, 3.8) is 0 Å². The van der Waals surface area contributed by atoms with Crippen LogP contribution in [0.25, 0.3) is 0 Å². The lowest BCUT2D eigenvalue weighted by Gasteiger charge is -2.33. The van der Waals surface area contributed by atoms with Gasteiger partial charge in [-0.25, -0.2) is 8.42 Å². The highest BCUT2D eigenvalue weighted by Gasteiger charge is 2.32. The predicted molar refractivity (Wildman–Crippen MR) is 145 cm³/mol. The van der Waals surface area contributed by atoms with Crippen LogP contribution in [0.4, 0.5) is 5.69 Å². The Labute approximate surface area is 218 Å². The number of carbonyl (C=O) groups is 2. The van der Waals surface area contributed by atoms with E-state index >= 15 is 0 Å². The number of nitrogens with zero attached hydrogens (tertiary/aromatic N) is 2. The summed E-state index contributed by atoms with van der Waals surface area (Å²) >= 11 is 0. The van der Waals surface area contributed by atoms with Crippen molar-refractivity contribution >= 4 is 27.5 Å². The number of benzene rings is 3. The molecule has 8 nitrogen and oxygen atoms in total. The van der Waals surface area contributed by atoms with Gasteiger partial charge in [0.1, 0.15) is 18.3 Å². The third kappa shape index (κ3) is 7.82. The first-order valence-corrected chi connectivity index (χ1v) is 13.9. The quantitative estimate of drug-likeness (QED) is 0.393. The number of sulfonamides is 1. The average Bonchev–Trinajstić information content (AvgIpc) is 2.90. The monoisotopic (exact) mass is 523 g/mol. The molecule has 3 rings (SSSR count). The first kappa shape index (κ1) is 27.7. The maximum atomic E-state index is 13.8. The molecule has 0 radical (unpaired) electrons. The lowest BCUT2D eigenvalue weighted by molar-refractivity contribution is -0.139. The highest BCUT2D eigenvalue weighted by atomic mass is 32.2. The number of nitrogens with one attached hydrogen (secondary N) is 1. The number of anilines is 1. The summed E-state index contributed by atoms with van der Waals surface area (Å²) in [6, 6.07) is 24.4. The van der Waals surface area contributed by atoms with E-state index in [9.17, 15) is 18.0 Å². The fourth-order valence-corrected chi connectivity index (χ4v) is 4.84. The van der Waals surface area contributed by atoms with E-state index < -0.39 is 28.5 Å². The van der Waals surface area contributed by atoms with Gasteiger partial charge in [0.25, 0.3) is 0 Å². The standard InChI is InChI=1S/C28H33N3O5S/c1-4-36-25-17-15-24(16-18-25)31(37(3,34)35)21-27(32)30(20-23-13-9-6-10-14-23)26(28(33)29-2)19-22-11-7-5-8-12-22/h5-18,26H,4,19-21H2,1-3H3,(H,29,33). The van der Waals surface area contributed by atoms with Crippen LogP contribution in [0.3, 0.4) is 0 Å². The van der Waals surface area contributed by atoms with Gasteiger partial charge in [-0.3, -0.25) is 13.9 Å². The van der Waals surface area contributed by atoms with Gasteiger partial charge in [0.2, 0.25) is 21.8 Å². The molecule has 3 aromatic carbocycles. The second-order valence-electron chi connectivity index (χ2n) is 8.52. The van der Waals surface area contributed by atoms with E-state index in [1.807, 2.05) is 67.6 Å². The number of likely N-dealkylation sites (N-methyl/N-ethyl adjacent to an activating group) is 1. The maximum absolute atomic E-state index is 13.8. The lowest BCUT2D eigenvalue weighted by Crippen LogP contribution is -2.52. The molecule has 0 aliphatic heterocycles. The van der Waals surface area contributed by atoms with Crippen molar-refractivity contribution in [1.29, 1.82) is 0 Å². The molecular weight excluding hydrogens is 490 g/mol. The summed E-state index contributed by atoms with van der Waals surface area (Å²) in [4.78, 5) is 28.3. The van der Waals surface area contributed by atoms with Gasteiger partial charge in [0.15, 0.2) is 0 Å². The Morgan fingerprint density at radius 2 is 1.46 bits per heavy atom. The molecule has 0 aromatic heterocycles. The number of hydrogen-bond donors (Lipinski definition) is 1. The molecule has 1 N–H and O–H groups in total. The van der Waals surface area contributed by atoms with Crippen LogP contribution < -0.4 is 14.4 Å². The third-order valence-corrected chi connectivity index (χ3v) is 6.97. The van der Waals surface area contributed by atoms with Gasteiger partial charge in [-0.05, 0) is 42.3 Å². The van der Waals surface area contributed by atoms with Crippen molar-refractivity contribution in [1.82, 2.24) is 10.2 Å². The molecule has 0 spiro atoms. The van der Waals surface area contributed by atoms with E-state index in [2.05, 4.69) is 5.32 Å². The van der Waals surface area contributed by atoms with E-state index in [-0.39, 0.29) is 18.9 Å².